The average molecular weight is 323 g/mol. The molecule has 0 aliphatic rings. The third kappa shape index (κ3) is 2.69. The normalized spacial score (nSPS) is 11.5. The number of hydrogen-bond donors (Lipinski definition) is 1. The predicted octanol–water partition coefficient (Wildman–Crippen LogP) is 0.502. The Balaban J connectivity index is 2.62. The maximum absolute atomic E-state index is 12.5. The van der Waals surface area contributed by atoms with Crippen LogP contribution in [0.4, 0.5) is 5.69 Å². The molecule has 0 aliphatic carbocycles. The van der Waals surface area contributed by atoms with Crippen LogP contribution in [0.1, 0.15) is 11.3 Å². The van der Waals surface area contributed by atoms with E-state index in [-0.39, 0.29) is 5.69 Å². The zero-order valence-corrected chi connectivity index (χ0v) is 13.6. The molecule has 1 aromatic heterocycles. The molecule has 1 heterocycles. The summed E-state index contributed by atoms with van der Waals surface area (Å²) >= 11 is 0. The average Bonchev–Trinajstić information content (AvgIpc) is 2.45. The summed E-state index contributed by atoms with van der Waals surface area (Å²) in [5.74, 6) is 0. The van der Waals surface area contributed by atoms with Gasteiger partial charge >= 0.3 is 5.69 Å². The van der Waals surface area contributed by atoms with E-state index in [0.29, 0.717) is 5.69 Å². The van der Waals surface area contributed by atoms with Gasteiger partial charge in [0.05, 0.1) is 0 Å². The summed E-state index contributed by atoms with van der Waals surface area (Å²) < 4.78 is 29.3. The minimum Gasteiger partial charge on any atom is -0.300 e. The van der Waals surface area contributed by atoms with Gasteiger partial charge in [-0.3, -0.25) is 18.7 Å². The van der Waals surface area contributed by atoms with Crippen LogP contribution in [0.25, 0.3) is 0 Å². The Bertz CT molecular complexity index is 938. The van der Waals surface area contributed by atoms with Crippen LogP contribution in [0.15, 0.2) is 38.8 Å². The molecule has 1 N–H and O–H groups in total. The molecule has 0 bridgehead atoms. The quantitative estimate of drug-likeness (QED) is 0.891. The molecule has 1 aromatic carbocycles. The van der Waals surface area contributed by atoms with E-state index < -0.39 is 26.2 Å². The van der Waals surface area contributed by atoms with Crippen LogP contribution >= 0.6 is 0 Å². The topological polar surface area (TPSA) is 90.2 Å². The Labute approximate surface area is 127 Å². The monoisotopic (exact) mass is 323 g/mol. The fourth-order valence-corrected chi connectivity index (χ4v) is 3.49. The highest BCUT2D eigenvalue weighted by atomic mass is 32.2. The number of rotatable bonds is 3. The first-order valence-corrected chi connectivity index (χ1v) is 7.99. The number of aryl methyl sites for hydroxylation is 1. The van der Waals surface area contributed by atoms with Crippen molar-refractivity contribution in [2.24, 2.45) is 14.1 Å². The molecule has 0 fully saturated rings. The van der Waals surface area contributed by atoms with Crippen LogP contribution < -0.4 is 16.0 Å². The first kappa shape index (κ1) is 16.0. The fraction of sp³-hybridized carbons (Fsp3) is 0.286. The van der Waals surface area contributed by atoms with Gasteiger partial charge in [-0.15, -0.1) is 0 Å². The molecule has 118 valence electrons. The van der Waals surface area contributed by atoms with Gasteiger partial charge in [0, 0.05) is 25.5 Å². The molecule has 7 nitrogen and oxygen atoms in total. The Morgan fingerprint density at radius 1 is 0.955 bits per heavy atom. The van der Waals surface area contributed by atoms with Gasteiger partial charge in [-0.05, 0) is 26.0 Å². The van der Waals surface area contributed by atoms with E-state index in [1.165, 1.54) is 21.0 Å². The van der Waals surface area contributed by atoms with Gasteiger partial charge in [0.2, 0.25) is 0 Å². The summed E-state index contributed by atoms with van der Waals surface area (Å²) in [5.41, 5.74) is 0.00256. The third-order valence-electron chi connectivity index (χ3n) is 3.48. The van der Waals surface area contributed by atoms with Crippen molar-refractivity contribution in [3.8, 4) is 0 Å². The lowest BCUT2D eigenvalue weighted by Crippen LogP contribution is -2.42. The molecule has 0 radical (unpaired) electrons. The molecule has 0 amide bonds. The second-order valence-corrected chi connectivity index (χ2v) is 6.71. The van der Waals surface area contributed by atoms with E-state index in [0.717, 1.165) is 14.7 Å². The van der Waals surface area contributed by atoms with Gasteiger partial charge in [0.1, 0.15) is 0 Å². The van der Waals surface area contributed by atoms with Crippen LogP contribution in [0.3, 0.4) is 0 Å². The molecule has 0 spiro atoms. The highest BCUT2D eigenvalue weighted by Gasteiger charge is 2.25. The van der Waals surface area contributed by atoms with Gasteiger partial charge in [-0.2, -0.15) is 0 Å². The maximum Gasteiger partial charge on any atom is 0.330 e. The molecule has 0 aliphatic heterocycles. The maximum atomic E-state index is 12.5. The van der Waals surface area contributed by atoms with Crippen molar-refractivity contribution < 1.29 is 8.42 Å². The molecule has 0 atom stereocenters. The van der Waals surface area contributed by atoms with Crippen LogP contribution in [-0.2, 0) is 24.1 Å². The van der Waals surface area contributed by atoms with E-state index in [2.05, 4.69) is 4.72 Å². The molecule has 0 saturated heterocycles. The lowest BCUT2D eigenvalue weighted by molar-refractivity contribution is 0.583. The zero-order valence-electron chi connectivity index (χ0n) is 12.7. The van der Waals surface area contributed by atoms with Gasteiger partial charge in [0.25, 0.3) is 15.6 Å². The molecular weight excluding hydrogens is 306 g/mol. The van der Waals surface area contributed by atoms with Crippen molar-refractivity contribution in [3.05, 3.63) is 56.4 Å². The summed E-state index contributed by atoms with van der Waals surface area (Å²) in [6.45, 7) is 3.30. The Morgan fingerprint density at radius 3 is 2.05 bits per heavy atom. The molecule has 2 rings (SSSR count). The van der Waals surface area contributed by atoms with Crippen LogP contribution in [0.2, 0.25) is 0 Å². The van der Waals surface area contributed by atoms with Crippen LogP contribution in [-0.4, -0.2) is 17.6 Å². The molecule has 8 heteroatoms. The third-order valence-corrected chi connectivity index (χ3v) is 4.99. The summed E-state index contributed by atoms with van der Waals surface area (Å²) in [7, 11) is -1.43. The first-order valence-electron chi connectivity index (χ1n) is 6.51. The molecule has 22 heavy (non-hydrogen) atoms. The van der Waals surface area contributed by atoms with Crippen molar-refractivity contribution >= 4 is 15.7 Å². The van der Waals surface area contributed by atoms with E-state index in [9.17, 15) is 18.0 Å². The summed E-state index contributed by atoms with van der Waals surface area (Å²) in [5, 5.41) is 0. The second-order valence-electron chi connectivity index (χ2n) is 5.09. The minimum atomic E-state index is -4.09. The number of hydrogen-bond acceptors (Lipinski definition) is 4. The van der Waals surface area contributed by atoms with Crippen LogP contribution in [0, 0.1) is 13.8 Å². The van der Waals surface area contributed by atoms with Crippen LogP contribution in [0.5, 0.6) is 0 Å². The SMILES string of the molecule is Cc1ccc(NS(=O)(=O)c2c(C)n(C)c(=O)n(C)c2=O)cc1. The zero-order chi connectivity index (χ0) is 16.7. The lowest BCUT2D eigenvalue weighted by Gasteiger charge is -2.13. The summed E-state index contributed by atoms with van der Waals surface area (Å²) in [6.07, 6.45) is 0. The number of aromatic nitrogens is 2. The Kier molecular flexibility index (Phi) is 3.97. The van der Waals surface area contributed by atoms with Crippen molar-refractivity contribution in [2.45, 2.75) is 18.7 Å². The predicted molar refractivity (Wildman–Crippen MR) is 83.6 cm³/mol. The summed E-state index contributed by atoms with van der Waals surface area (Å²) in [4.78, 5) is 23.5. The molecule has 0 saturated carbocycles. The first-order chi connectivity index (χ1) is 10.1. The smallest absolute Gasteiger partial charge is 0.300 e. The molecule has 0 unspecified atom stereocenters. The number of nitrogens with one attached hydrogen (secondary N) is 1. The lowest BCUT2D eigenvalue weighted by atomic mass is 10.2. The minimum absolute atomic E-state index is 0.0905. The van der Waals surface area contributed by atoms with Crippen molar-refractivity contribution in [3.63, 3.8) is 0 Å². The number of sulfonamides is 1. The molecule has 2 aromatic rings. The molecular formula is C14H17N3O4S. The van der Waals surface area contributed by atoms with Crippen molar-refractivity contribution in [1.82, 2.24) is 9.13 Å². The fourth-order valence-electron chi connectivity index (χ4n) is 2.05. The largest absolute Gasteiger partial charge is 0.330 e. The van der Waals surface area contributed by atoms with Gasteiger partial charge in [-0.25, -0.2) is 13.2 Å². The van der Waals surface area contributed by atoms with Crippen molar-refractivity contribution in [2.75, 3.05) is 4.72 Å². The van der Waals surface area contributed by atoms with E-state index in [1.54, 1.807) is 24.3 Å². The van der Waals surface area contributed by atoms with Gasteiger partial charge in [-0.1, -0.05) is 17.7 Å². The van der Waals surface area contributed by atoms with E-state index >= 15 is 0 Å². The second kappa shape index (κ2) is 5.45. The summed E-state index contributed by atoms with van der Waals surface area (Å²) in [6, 6.07) is 6.72. The van der Waals surface area contributed by atoms with E-state index in [1.807, 2.05) is 6.92 Å². The Morgan fingerprint density at radius 2 is 1.50 bits per heavy atom. The number of anilines is 1. The van der Waals surface area contributed by atoms with Gasteiger partial charge in [0.15, 0.2) is 4.90 Å². The highest BCUT2D eigenvalue weighted by molar-refractivity contribution is 7.92. The Hall–Kier alpha value is -2.35. The van der Waals surface area contributed by atoms with E-state index in [4.69, 9.17) is 0 Å². The number of benzene rings is 1. The number of nitrogens with zero attached hydrogens (tertiary/aromatic N) is 2. The highest BCUT2D eigenvalue weighted by Crippen LogP contribution is 2.15. The van der Waals surface area contributed by atoms with Gasteiger partial charge < -0.3 is 0 Å². The standard InChI is InChI=1S/C14H17N3O4S/c1-9-5-7-11(8-6-9)15-22(20,21)12-10(2)16(3)14(19)17(4)13(12)18/h5-8,15H,1-4H3. The van der Waals surface area contributed by atoms with Crippen molar-refractivity contribution in [1.29, 1.82) is 0 Å².